The van der Waals surface area contributed by atoms with Crippen LogP contribution in [-0.2, 0) is 9.84 Å². The van der Waals surface area contributed by atoms with Crippen LogP contribution in [0.3, 0.4) is 0 Å². The van der Waals surface area contributed by atoms with Crippen LogP contribution >= 0.6 is 0 Å². The van der Waals surface area contributed by atoms with E-state index >= 15 is 0 Å². The summed E-state index contributed by atoms with van der Waals surface area (Å²) < 4.78 is 22.9. The number of hydrogen-bond acceptors (Lipinski definition) is 4. The van der Waals surface area contributed by atoms with Gasteiger partial charge in [0.25, 0.3) is 0 Å². The van der Waals surface area contributed by atoms with Crippen molar-refractivity contribution in [2.45, 2.75) is 18.4 Å². The molecule has 13 heavy (non-hydrogen) atoms. The van der Waals surface area contributed by atoms with Gasteiger partial charge < -0.3 is 10.6 Å². The van der Waals surface area contributed by atoms with Gasteiger partial charge in [0.15, 0.2) is 9.84 Å². The van der Waals surface area contributed by atoms with Crippen LogP contribution < -0.4 is 10.6 Å². The second-order valence-corrected chi connectivity index (χ2v) is 6.26. The van der Waals surface area contributed by atoms with Gasteiger partial charge in [-0.05, 0) is 12.8 Å². The minimum Gasteiger partial charge on any atom is -0.314 e. The minimum atomic E-state index is -2.79. The molecule has 0 radical (unpaired) electrons. The Morgan fingerprint density at radius 3 is 2.69 bits per heavy atom. The molecule has 2 N–H and O–H groups in total. The summed E-state index contributed by atoms with van der Waals surface area (Å²) in [5.41, 5.74) is -0.157. The number of sulfone groups is 1. The first-order chi connectivity index (χ1) is 6.12. The average molecular weight is 204 g/mol. The van der Waals surface area contributed by atoms with Crippen molar-refractivity contribution in [3.05, 3.63) is 0 Å². The van der Waals surface area contributed by atoms with E-state index in [0.29, 0.717) is 11.5 Å². The third-order valence-electron chi connectivity index (χ3n) is 2.87. The predicted molar refractivity (Wildman–Crippen MR) is 51.5 cm³/mol. The second kappa shape index (κ2) is 3.22. The first-order valence-electron chi connectivity index (χ1n) is 4.78. The van der Waals surface area contributed by atoms with E-state index in [4.69, 9.17) is 0 Å². The Kier molecular flexibility index (Phi) is 2.33. The van der Waals surface area contributed by atoms with Crippen LogP contribution in [0.2, 0.25) is 0 Å². The van der Waals surface area contributed by atoms with E-state index in [1.807, 2.05) is 0 Å². The van der Waals surface area contributed by atoms with E-state index in [-0.39, 0.29) is 5.54 Å². The first kappa shape index (κ1) is 9.43. The van der Waals surface area contributed by atoms with Crippen molar-refractivity contribution in [1.82, 2.24) is 10.6 Å². The van der Waals surface area contributed by atoms with Crippen LogP contribution in [-0.4, -0.2) is 45.1 Å². The molecule has 0 saturated carbocycles. The molecule has 2 heterocycles. The van der Waals surface area contributed by atoms with Gasteiger partial charge in [0.1, 0.15) is 0 Å². The average Bonchev–Trinajstić information content (AvgIpc) is 2.03. The summed E-state index contributed by atoms with van der Waals surface area (Å²) in [7, 11) is -2.79. The van der Waals surface area contributed by atoms with Gasteiger partial charge in [0.05, 0.1) is 11.5 Å². The molecule has 2 saturated heterocycles. The Balaban J connectivity index is 2.13. The lowest BCUT2D eigenvalue weighted by Gasteiger charge is -2.41. The third-order valence-corrected chi connectivity index (χ3v) is 4.78. The van der Waals surface area contributed by atoms with Crippen molar-refractivity contribution in [1.29, 1.82) is 0 Å². The quantitative estimate of drug-likeness (QED) is 0.538. The molecule has 1 atom stereocenters. The highest BCUT2D eigenvalue weighted by molar-refractivity contribution is 7.91. The Hall–Kier alpha value is -0.130. The smallest absolute Gasteiger partial charge is 0.152 e. The van der Waals surface area contributed by atoms with E-state index < -0.39 is 9.84 Å². The maximum Gasteiger partial charge on any atom is 0.152 e. The van der Waals surface area contributed by atoms with Crippen LogP contribution in [0.1, 0.15) is 12.8 Å². The third kappa shape index (κ3) is 2.03. The number of rotatable bonds is 0. The second-order valence-electron chi connectivity index (χ2n) is 4.08. The fourth-order valence-corrected chi connectivity index (χ4v) is 4.20. The van der Waals surface area contributed by atoms with E-state index in [9.17, 15) is 8.42 Å². The summed E-state index contributed by atoms with van der Waals surface area (Å²) in [6.45, 7) is 2.63. The topological polar surface area (TPSA) is 58.2 Å². The first-order valence-corrected chi connectivity index (χ1v) is 6.60. The number of piperazine rings is 1. The van der Waals surface area contributed by atoms with Crippen molar-refractivity contribution >= 4 is 9.84 Å². The number of nitrogens with one attached hydrogen (secondary N) is 2. The molecule has 0 aliphatic carbocycles. The van der Waals surface area contributed by atoms with E-state index in [2.05, 4.69) is 10.6 Å². The van der Waals surface area contributed by atoms with Crippen molar-refractivity contribution in [2.24, 2.45) is 0 Å². The summed E-state index contributed by atoms with van der Waals surface area (Å²) in [4.78, 5) is 0. The zero-order chi connectivity index (χ0) is 9.36. The van der Waals surface area contributed by atoms with Crippen LogP contribution in [0.15, 0.2) is 0 Å². The fraction of sp³-hybridized carbons (Fsp3) is 1.00. The van der Waals surface area contributed by atoms with Gasteiger partial charge in [-0.2, -0.15) is 0 Å². The van der Waals surface area contributed by atoms with Crippen LogP contribution in [0.25, 0.3) is 0 Å². The highest BCUT2D eigenvalue weighted by atomic mass is 32.2. The van der Waals surface area contributed by atoms with Gasteiger partial charge in [0, 0.05) is 25.2 Å². The minimum absolute atomic E-state index is 0.157. The lowest BCUT2D eigenvalue weighted by atomic mass is 9.94. The molecule has 0 aromatic rings. The molecule has 0 amide bonds. The standard InChI is InChI=1S/C8H16N2O2S/c11-13(12)5-1-2-8(7-13)6-9-3-4-10-8/h9-10H,1-7H2. The maximum absolute atomic E-state index is 11.5. The zero-order valence-corrected chi connectivity index (χ0v) is 8.49. The van der Waals surface area contributed by atoms with E-state index in [1.54, 1.807) is 0 Å². The Labute approximate surface area is 79.0 Å². The summed E-state index contributed by atoms with van der Waals surface area (Å²) >= 11 is 0. The molecule has 2 rings (SSSR count). The zero-order valence-electron chi connectivity index (χ0n) is 7.67. The van der Waals surface area contributed by atoms with E-state index in [0.717, 1.165) is 32.5 Å². The lowest BCUT2D eigenvalue weighted by Crippen LogP contribution is -2.64. The van der Waals surface area contributed by atoms with Gasteiger partial charge in [-0.15, -0.1) is 0 Å². The van der Waals surface area contributed by atoms with Crippen molar-refractivity contribution in [2.75, 3.05) is 31.1 Å². The summed E-state index contributed by atoms with van der Waals surface area (Å²) in [6.07, 6.45) is 1.79. The van der Waals surface area contributed by atoms with Crippen LogP contribution in [0, 0.1) is 0 Å². The highest BCUT2D eigenvalue weighted by Gasteiger charge is 2.39. The summed E-state index contributed by atoms with van der Waals surface area (Å²) in [5.74, 6) is 0.684. The normalized spacial score (nSPS) is 39.1. The molecule has 4 nitrogen and oxygen atoms in total. The molecule has 2 aliphatic heterocycles. The van der Waals surface area contributed by atoms with Crippen LogP contribution in [0.4, 0.5) is 0 Å². The number of hydrogen-bond donors (Lipinski definition) is 2. The molecular formula is C8H16N2O2S. The fourth-order valence-electron chi connectivity index (χ4n) is 2.28. The predicted octanol–water partition coefficient (Wildman–Crippen LogP) is -0.873. The van der Waals surface area contributed by atoms with Crippen molar-refractivity contribution < 1.29 is 8.42 Å². The Morgan fingerprint density at radius 2 is 2.08 bits per heavy atom. The summed E-state index contributed by atoms with van der Waals surface area (Å²) in [6, 6.07) is 0. The van der Waals surface area contributed by atoms with Gasteiger partial charge in [0.2, 0.25) is 0 Å². The molecular weight excluding hydrogens is 188 g/mol. The molecule has 1 unspecified atom stereocenters. The molecule has 1 spiro atoms. The van der Waals surface area contributed by atoms with Gasteiger partial charge in [-0.1, -0.05) is 0 Å². The molecule has 0 aromatic heterocycles. The molecule has 2 fully saturated rings. The highest BCUT2D eigenvalue weighted by Crippen LogP contribution is 2.23. The van der Waals surface area contributed by atoms with Crippen molar-refractivity contribution in [3.63, 3.8) is 0 Å². The van der Waals surface area contributed by atoms with E-state index in [1.165, 1.54) is 0 Å². The summed E-state index contributed by atoms with van der Waals surface area (Å²) in [5, 5.41) is 6.60. The lowest BCUT2D eigenvalue weighted by molar-refractivity contribution is 0.271. The molecule has 76 valence electrons. The van der Waals surface area contributed by atoms with Gasteiger partial charge in [-0.3, -0.25) is 0 Å². The van der Waals surface area contributed by atoms with Crippen LogP contribution in [0.5, 0.6) is 0 Å². The van der Waals surface area contributed by atoms with Gasteiger partial charge >= 0.3 is 0 Å². The molecule has 0 bridgehead atoms. The monoisotopic (exact) mass is 204 g/mol. The largest absolute Gasteiger partial charge is 0.314 e. The Bertz CT molecular complexity index is 275. The van der Waals surface area contributed by atoms with Crippen molar-refractivity contribution in [3.8, 4) is 0 Å². The SMILES string of the molecule is O=S1(=O)CCCC2(CNCCN2)C1. The molecule has 5 heteroatoms. The Morgan fingerprint density at radius 1 is 1.23 bits per heavy atom. The maximum atomic E-state index is 11.5. The molecule has 2 aliphatic rings. The molecule has 0 aromatic carbocycles. The van der Waals surface area contributed by atoms with Gasteiger partial charge in [-0.25, -0.2) is 8.42 Å².